The van der Waals surface area contributed by atoms with E-state index in [1.165, 1.54) is 0 Å². The number of hydrogen-bond donors (Lipinski definition) is 1. The number of nitrogens with one attached hydrogen (secondary N) is 1. The third-order valence-corrected chi connectivity index (χ3v) is 4.29. The monoisotopic (exact) mass is 239 g/mol. The van der Waals surface area contributed by atoms with Crippen molar-refractivity contribution in [2.24, 2.45) is 5.92 Å². The van der Waals surface area contributed by atoms with Crippen molar-refractivity contribution in [3.63, 3.8) is 0 Å². The summed E-state index contributed by atoms with van der Waals surface area (Å²) >= 11 is 5.54. The van der Waals surface area contributed by atoms with Gasteiger partial charge < -0.3 is 5.32 Å². The molecule has 0 saturated carbocycles. The Morgan fingerprint density at radius 1 is 1.64 bits per heavy atom. The SMILES string of the molecule is CC(Cl)C(=O)NCC1CCS(=O)(=O)C1. The molecule has 0 radical (unpaired) electrons. The van der Waals surface area contributed by atoms with E-state index in [4.69, 9.17) is 11.6 Å². The minimum atomic E-state index is -2.85. The van der Waals surface area contributed by atoms with Gasteiger partial charge in [-0.2, -0.15) is 0 Å². The molecule has 0 aromatic carbocycles. The molecule has 4 nitrogen and oxygen atoms in total. The highest BCUT2D eigenvalue weighted by Crippen LogP contribution is 2.17. The van der Waals surface area contributed by atoms with Crippen molar-refractivity contribution in [2.75, 3.05) is 18.1 Å². The first kappa shape index (κ1) is 11.8. The Hall–Kier alpha value is -0.290. The average Bonchev–Trinajstić information content (AvgIpc) is 2.41. The lowest BCUT2D eigenvalue weighted by atomic mass is 10.1. The van der Waals surface area contributed by atoms with Crippen molar-refractivity contribution in [2.45, 2.75) is 18.7 Å². The number of carbonyl (C=O) groups is 1. The molecular weight excluding hydrogens is 226 g/mol. The zero-order chi connectivity index (χ0) is 10.8. The predicted octanol–water partition coefficient (Wildman–Crippen LogP) is 0.165. The van der Waals surface area contributed by atoms with Crippen LogP contribution in [-0.4, -0.2) is 37.8 Å². The molecule has 6 heteroatoms. The van der Waals surface area contributed by atoms with E-state index in [1.54, 1.807) is 6.92 Å². The molecule has 2 unspecified atom stereocenters. The van der Waals surface area contributed by atoms with Crippen LogP contribution in [0.15, 0.2) is 0 Å². The van der Waals surface area contributed by atoms with Gasteiger partial charge >= 0.3 is 0 Å². The molecule has 1 amide bonds. The topological polar surface area (TPSA) is 63.2 Å². The van der Waals surface area contributed by atoms with Crippen molar-refractivity contribution in [3.05, 3.63) is 0 Å². The van der Waals surface area contributed by atoms with Crippen molar-refractivity contribution in [1.82, 2.24) is 5.32 Å². The molecule has 0 spiro atoms. The van der Waals surface area contributed by atoms with Crippen molar-refractivity contribution in [3.8, 4) is 0 Å². The third kappa shape index (κ3) is 3.46. The van der Waals surface area contributed by atoms with Crippen LogP contribution in [0.2, 0.25) is 0 Å². The predicted molar refractivity (Wildman–Crippen MR) is 55.1 cm³/mol. The molecule has 2 atom stereocenters. The Morgan fingerprint density at radius 2 is 2.29 bits per heavy atom. The molecule has 1 fully saturated rings. The maximum absolute atomic E-state index is 11.1. The van der Waals surface area contributed by atoms with Crippen LogP contribution in [0.5, 0.6) is 0 Å². The standard InChI is InChI=1S/C8H14ClNO3S/c1-6(9)8(11)10-4-7-2-3-14(12,13)5-7/h6-7H,2-5H2,1H3,(H,10,11). The molecule has 1 N–H and O–H groups in total. The minimum Gasteiger partial charge on any atom is -0.355 e. The van der Waals surface area contributed by atoms with Gasteiger partial charge in [0.15, 0.2) is 9.84 Å². The number of hydrogen-bond acceptors (Lipinski definition) is 3. The molecule has 1 rings (SSSR count). The maximum Gasteiger partial charge on any atom is 0.237 e. The van der Waals surface area contributed by atoms with Crippen LogP contribution in [0.3, 0.4) is 0 Å². The number of sulfone groups is 1. The zero-order valence-corrected chi connectivity index (χ0v) is 9.57. The van der Waals surface area contributed by atoms with Crippen LogP contribution in [0.1, 0.15) is 13.3 Å². The maximum atomic E-state index is 11.1. The Kier molecular flexibility index (Phi) is 3.78. The van der Waals surface area contributed by atoms with E-state index in [-0.39, 0.29) is 23.3 Å². The van der Waals surface area contributed by atoms with Gasteiger partial charge in [0, 0.05) is 6.54 Å². The highest BCUT2D eigenvalue weighted by molar-refractivity contribution is 7.91. The lowest BCUT2D eigenvalue weighted by Gasteiger charge is -2.10. The number of halogens is 1. The highest BCUT2D eigenvalue weighted by atomic mass is 35.5. The second-order valence-electron chi connectivity index (χ2n) is 3.63. The fourth-order valence-corrected chi connectivity index (χ4v) is 3.36. The smallest absolute Gasteiger partial charge is 0.237 e. The summed E-state index contributed by atoms with van der Waals surface area (Å²) in [4.78, 5) is 11.1. The molecule has 0 aromatic heterocycles. The summed E-state index contributed by atoms with van der Waals surface area (Å²) in [7, 11) is -2.85. The van der Waals surface area contributed by atoms with E-state index in [0.29, 0.717) is 13.0 Å². The first-order valence-corrected chi connectivity index (χ1v) is 6.79. The van der Waals surface area contributed by atoms with Crippen LogP contribution in [0.25, 0.3) is 0 Å². The van der Waals surface area contributed by atoms with E-state index < -0.39 is 15.2 Å². The molecule has 82 valence electrons. The summed E-state index contributed by atoms with van der Waals surface area (Å²) in [6.45, 7) is 2.00. The van der Waals surface area contributed by atoms with E-state index in [1.807, 2.05) is 0 Å². The average molecular weight is 240 g/mol. The summed E-state index contributed by atoms with van der Waals surface area (Å²) in [6.07, 6.45) is 0.638. The van der Waals surface area contributed by atoms with Crippen LogP contribution in [0.4, 0.5) is 0 Å². The normalized spacial score (nSPS) is 27.1. The van der Waals surface area contributed by atoms with Gasteiger partial charge in [-0.15, -0.1) is 11.6 Å². The molecule has 1 saturated heterocycles. The molecule has 1 heterocycles. The van der Waals surface area contributed by atoms with Gasteiger partial charge in [-0.25, -0.2) is 8.42 Å². The summed E-state index contributed by atoms with van der Waals surface area (Å²) in [5.74, 6) is 0.240. The lowest BCUT2D eigenvalue weighted by Crippen LogP contribution is -2.34. The summed E-state index contributed by atoms with van der Waals surface area (Å²) in [5.41, 5.74) is 0. The minimum absolute atomic E-state index is 0.0550. The van der Waals surface area contributed by atoms with E-state index >= 15 is 0 Å². The molecule has 0 bridgehead atoms. The van der Waals surface area contributed by atoms with E-state index in [0.717, 1.165) is 0 Å². The zero-order valence-electron chi connectivity index (χ0n) is 7.99. The number of carbonyl (C=O) groups excluding carboxylic acids is 1. The molecule has 0 aliphatic carbocycles. The number of alkyl halides is 1. The van der Waals surface area contributed by atoms with Gasteiger partial charge in [0.25, 0.3) is 0 Å². The van der Waals surface area contributed by atoms with Gasteiger partial charge in [0.2, 0.25) is 5.91 Å². The fraction of sp³-hybridized carbons (Fsp3) is 0.875. The Morgan fingerprint density at radius 3 is 2.71 bits per heavy atom. The van der Waals surface area contributed by atoms with Gasteiger partial charge in [-0.3, -0.25) is 4.79 Å². The van der Waals surface area contributed by atoms with Crippen LogP contribution in [0, 0.1) is 5.92 Å². The molecule has 1 aliphatic rings. The van der Waals surface area contributed by atoms with Crippen LogP contribution >= 0.6 is 11.6 Å². The second-order valence-corrected chi connectivity index (χ2v) is 6.51. The van der Waals surface area contributed by atoms with Crippen molar-refractivity contribution in [1.29, 1.82) is 0 Å². The van der Waals surface area contributed by atoms with E-state index in [9.17, 15) is 13.2 Å². The lowest BCUT2D eigenvalue weighted by molar-refractivity contribution is -0.120. The van der Waals surface area contributed by atoms with Gasteiger partial charge in [-0.1, -0.05) is 0 Å². The Balaban J connectivity index is 2.31. The fourth-order valence-electron chi connectivity index (χ4n) is 1.42. The van der Waals surface area contributed by atoms with Gasteiger partial charge in [-0.05, 0) is 19.3 Å². The molecule has 0 aromatic rings. The summed E-state index contributed by atoms with van der Waals surface area (Å²) in [5, 5.41) is 2.06. The summed E-state index contributed by atoms with van der Waals surface area (Å²) in [6, 6.07) is 0. The van der Waals surface area contributed by atoms with Gasteiger partial charge in [0.1, 0.15) is 5.38 Å². The molecule has 1 aliphatic heterocycles. The van der Waals surface area contributed by atoms with Crippen molar-refractivity contribution < 1.29 is 13.2 Å². The largest absolute Gasteiger partial charge is 0.355 e. The summed E-state index contributed by atoms with van der Waals surface area (Å²) < 4.78 is 22.2. The van der Waals surface area contributed by atoms with Crippen molar-refractivity contribution >= 4 is 27.3 Å². The highest BCUT2D eigenvalue weighted by Gasteiger charge is 2.28. The first-order chi connectivity index (χ1) is 6.41. The third-order valence-electron chi connectivity index (χ3n) is 2.25. The van der Waals surface area contributed by atoms with Gasteiger partial charge in [0.05, 0.1) is 11.5 Å². The second kappa shape index (κ2) is 4.49. The van der Waals surface area contributed by atoms with E-state index in [2.05, 4.69) is 5.32 Å². The Bertz CT molecular complexity index is 313. The molecular formula is C8H14ClNO3S. The Labute approximate surface area is 88.9 Å². The first-order valence-electron chi connectivity index (χ1n) is 4.53. The van der Waals surface area contributed by atoms with Crippen LogP contribution in [-0.2, 0) is 14.6 Å². The van der Waals surface area contributed by atoms with Crippen LogP contribution < -0.4 is 5.32 Å². The molecule has 14 heavy (non-hydrogen) atoms. The quantitative estimate of drug-likeness (QED) is 0.714. The number of amides is 1. The number of rotatable bonds is 3.